The summed E-state index contributed by atoms with van der Waals surface area (Å²) in [6.45, 7) is 0.175. The monoisotopic (exact) mass is 521 g/mol. The fourth-order valence-corrected chi connectivity index (χ4v) is 3.87. The number of H-pyrrole nitrogens is 1. The van der Waals surface area contributed by atoms with Gasteiger partial charge in [0.15, 0.2) is 0 Å². The summed E-state index contributed by atoms with van der Waals surface area (Å²) in [4.78, 5) is 27.9. The topological polar surface area (TPSA) is 122 Å². The molecular formula is C26H19F4N7O. The van der Waals surface area contributed by atoms with E-state index in [9.17, 15) is 22.4 Å². The van der Waals surface area contributed by atoms with Gasteiger partial charge < -0.3 is 21.4 Å². The van der Waals surface area contributed by atoms with Crippen LogP contribution in [0.25, 0.3) is 22.2 Å². The van der Waals surface area contributed by atoms with Crippen LogP contribution >= 0.6 is 0 Å². The number of alkyl halides is 3. The van der Waals surface area contributed by atoms with Gasteiger partial charge in [-0.25, -0.2) is 19.3 Å². The third-order valence-electron chi connectivity index (χ3n) is 5.79. The van der Waals surface area contributed by atoms with Gasteiger partial charge in [-0.2, -0.15) is 13.2 Å². The van der Waals surface area contributed by atoms with Crippen molar-refractivity contribution in [3.63, 3.8) is 0 Å². The molecule has 0 saturated carbocycles. The highest BCUT2D eigenvalue weighted by atomic mass is 19.4. The maximum atomic E-state index is 13.3. The number of fused-ring (bicyclic) bond motifs is 1. The Bertz CT molecular complexity index is 1610. The second-order valence-electron chi connectivity index (χ2n) is 8.31. The van der Waals surface area contributed by atoms with Gasteiger partial charge in [-0.15, -0.1) is 0 Å². The lowest BCUT2D eigenvalue weighted by Gasteiger charge is -2.14. The number of anilines is 3. The highest BCUT2D eigenvalue weighted by Gasteiger charge is 2.32. The molecule has 0 unspecified atom stereocenters. The largest absolute Gasteiger partial charge is 0.417 e. The summed E-state index contributed by atoms with van der Waals surface area (Å²) in [6, 6.07) is 12.9. The van der Waals surface area contributed by atoms with Crippen LogP contribution in [0.5, 0.6) is 0 Å². The molecule has 0 spiro atoms. The molecule has 5 rings (SSSR count). The van der Waals surface area contributed by atoms with Crippen LogP contribution in [0.3, 0.4) is 0 Å². The molecule has 0 aliphatic carbocycles. The minimum absolute atomic E-state index is 0.0387. The molecule has 3 heterocycles. The van der Waals surface area contributed by atoms with Crippen molar-refractivity contribution >= 4 is 34.3 Å². The second-order valence-corrected chi connectivity index (χ2v) is 8.31. The van der Waals surface area contributed by atoms with Gasteiger partial charge in [0.25, 0.3) is 5.91 Å². The van der Waals surface area contributed by atoms with E-state index < -0.39 is 23.5 Å². The summed E-state index contributed by atoms with van der Waals surface area (Å²) in [5.41, 5.74) is 7.91. The van der Waals surface area contributed by atoms with Crippen LogP contribution in [0.1, 0.15) is 21.5 Å². The Morgan fingerprint density at radius 1 is 1.00 bits per heavy atom. The Balaban J connectivity index is 1.37. The second kappa shape index (κ2) is 9.81. The number of nitrogens with two attached hydrogens (primary N) is 1. The molecule has 3 aromatic heterocycles. The summed E-state index contributed by atoms with van der Waals surface area (Å²) < 4.78 is 53.1. The van der Waals surface area contributed by atoms with Crippen LogP contribution in [0.15, 0.2) is 73.3 Å². The molecule has 12 heteroatoms. The smallest absolute Gasteiger partial charge is 0.383 e. The molecule has 0 bridgehead atoms. The van der Waals surface area contributed by atoms with Crippen LogP contribution in [0, 0.1) is 5.82 Å². The van der Waals surface area contributed by atoms with Crippen LogP contribution in [0.4, 0.5) is 34.9 Å². The number of hydrogen-bond donors (Lipinski definition) is 4. The zero-order valence-electron chi connectivity index (χ0n) is 19.5. The van der Waals surface area contributed by atoms with Crippen LogP contribution in [-0.2, 0) is 12.7 Å². The molecule has 5 aromatic rings. The summed E-state index contributed by atoms with van der Waals surface area (Å²) >= 11 is 0. The molecule has 8 nitrogen and oxygen atoms in total. The van der Waals surface area contributed by atoms with Crippen LogP contribution < -0.4 is 16.4 Å². The molecule has 0 aliphatic heterocycles. The van der Waals surface area contributed by atoms with Gasteiger partial charge in [-0.3, -0.25) is 4.79 Å². The molecular weight excluding hydrogens is 502 g/mol. The molecule has 0 saturated heterocycles. The number of nitrogen functional groups attached to an aromatic ring is 1. The van der Waals surface area contributed by atoms with Gasteiger partial charge in [-0.05, 0) is 41.5 Å². The van der Waals surface area contributed by atoms with E-state index in [1.165, 1.54) is 18.5 Å². The molecule has 0 aliphatic rings. The number of carbonyl (C=O) groups is 1. The van der Waals surface area contributed by atoms with Crippen molar-refractivity contribution in [1.29, 1.82) is 0 Å². The number of carbonyl (C=O) groups excluding carboxylic acids is 1. The van der Waals surface area contributed by atoms with E-state index in [4.69, 9.17) is 5.73 Å². The van der Waals surface area contributed by atoms with Crippen molar-refractivity contribution in [3.05, 3.63) is 95.8 Å². The number of aromatic amines is 1. The first kappa shape index (κ1) is 24.7. The van der Waals surface area contributed by atoms with E-state index in [-0.39, 0.29) is 23.6 Å². The summed E-state index contributed by atoms with van der Waals surface area (Å²) in [7, 11) is 0. The number of benzene rings is 2. The molecule has 5 N–H and O–H groups in total. The van der Waals surface area contributed by atoms with Crippen molar-refractivity contribution in [3.8, 4) is 11.1 Å². The van der Waals surface area contributed by atoms with Crippen molar-refractivity contribution in [2.45, 2.75) is 12.7 Å². The van der Waals surface area contributed by atoms with Crippen molar-refractivity contribution < 1.29 is 22.4 Å². The zero-order valence-corrected chi connectivity index (χ0v) is 19.5. The van der Waals surface area contributed by atoms with Crippen molar-refractivity contribution in [1.82, 2.24) is 19.9 Å². The van der Waals surface area contributed by atoms with E-state index in [2.05, 4.69) is 30.6 Å². The number of halogens is 4. The molecule has 1 amide bonds. The lowest BCUT2D eigenvalue weighted by Crippen LogP contribution is -2.18. The van der Waals surface area contributed by atoms with E-state index in [1.54, 1.807) is 6.20 Å². The van der Waals surface area contributed by atoms with E-state index in [0.29, 0.717) is 23.0 Å². The quantitative estimate of drug-likeness (QED) is 0.215. The first-order valence-electron chi connectivity index (χ1n) is 11.2. The maximum Gasteiger partial charge on any atom is 0.417 e. The predicted octanol–water partition coefficient (Wildman–Crippen LogP) is 5.62. The third kappa shape index (κ3) is 5.09. The number of aromatic nitrogens is 4. The van der Waals surface area contributed by atoms with Crippen LogP contribution in [-0.4, -0.2) is 25.8 Å². The fraction of sp³-hybridized carbons (Fsp3) is 0.0769. The zero-order chi connectivity index (χ0) is 26.9. The number of pyridine rings is 1. The standard InChI is InChI=1S/C26H19F4N7O/c27-17-5-7-18(8-6-17)37-25(38)19-9-16(26(28,29)30)11-33-23(19)32-10-14-1-3-15(4-2-14)20-12-34-24-21(20)22(31)35-13-36-24/h1-9,11-13H,10H2,(H,32,33)(H,37,38)(H3,31,34,35,36). The Hall–Kier alpha value is -5.00. The Morgan fingerprint density at radius 2 is 1.74 bits per heavy atom. The first-order valence-corrected chi connectivity index (χ1v) is 11.2. The van der Waals surface area contributed by atoms with Gasteiger partial charge >= 0.3 is 6.18 Å². The molecule has 0 atom stereocenters. The molecule has 192 valence electrons. The molecule has 0 radical (unpaired) electrons. The number of hydrogen-bond acceptors (Lipinski definition) is 6. The normalized spacial score (nSPS) is 11.5. The van der Waals surface area contributed by atoms with Crippen LogP contribution in [0.2, 0.25) is 0 Å². The van der Waals surface area contributed by atoms with Crippen molar-refractivity contribution in [2.24, 2.45) is 0 Å². The fourth-order valence-electron chi connectivity index (χ4n) is 3.87. The maximum absolute atomic E-state index is 13.3. The van der Waals surface area contributed by atoms with E-state index in [1.807, 2.05) is 24.3 Å². The van der Waals surface area contributed by atoms with Gasteiger partial charge in [0.2, 0.25) is 0 Å². The Kier molecular flexibility index (Phi) is 6.37. The minimum atomic E-state index is -4.69. The molecule has 38 heavy (non-hydrogen) atoms. The number of amides is 1. The average Bonchev–Trinajstić information content (AvgIpc) is 3.34. The minimum Gasteiger partial charge on any atom is -0.383 e. The molecule has 0 fully saturated rings. The number of nitrogens with zero attached hydrogens (tertiary/aromatic N) is 3. The van der Waals surface area contributed by atoms with E-state index in [0.717, 1.165) is 34.9 Å². The van der Waals surface area contributed by atoms with Gasteiger partial charge in [-0.1, -0.05) is 24.3 Å². The SMILES string of the molecule is Nc1ncnc2[nH]cc(-c3ccc(CNc4ncc(C(F)(F)F)cc4C(=O)Nc4ccc(F)cc4)cc3)c12. The summed E-state index contributed by atoms with van der Waals surface area (Å²) in [5.74, 6) is -1.04. The third-order valence-corrected chi connectivity index (χ3v) is 5.79. The summed E-state index contributed by atoms with van der Waals surface area (Å²) in [6.07, 6.45) is -0.885. The predicted molar refractivity (Wildman–Crippen MR) is 135 cm³/mol. The Labute approximate surface area is 213 Å². The first-order chi connectivity index (χ1) is 18.2. The van der Waals surface area contributed by atoms with E-state index >= 15 is 0 Å². The van der Waals surface area contributed by atoms with Gasteiger partial charge in [0.1, 0.15) is 29.4 Å². The highest BCUT2D eigenvalue weighted by Crippen LogP contribution is 2.32. The van der Waals surface area contributed by atoms with Crippen molar-refractivity contribution in [2.75, 3.05) is 16.4 Å². The lowest BCUT2D eigenvalue weighted by molar-refractivity contribution is -0.137. The lowest BCUT2D eigenvalue weighted by atomic mass is 10.0. The van der Waals surface area contributed by atoms with Gasteiger partial charge in [0.05, 0.1) is 16.5 Å². The summed E-state index contributed by atoms with van der Waals surface area (Å²) in [5, 5.41) is 6.10. The number of rotatable bonds is 6. The highest BCUT2D eigenvalue weighted by molar-refractivity contribution is 6.07. The molecule has 2 aromatic carbocycles. The van der Waals surface area contributed by atoms with Gasteiger partial charge in [0, 0.05) is 30.2 Å². The average molecular weight is 521 g/mol. The Morgan fingerprint density at radius 3 is 2.45 bits per heavy atom. The number of nitrogens with one attached hydrogen (secondary N) is 3.